The van der Waals surface area contributed by atoms with Crippen molar-refractivity contribution in [1.82, 2.24) is 0 Å². The van der Waals surface area contributed by atoms with Gasteiger partial charge in [-0.05, 0) is 45.9 Å². The number of amides is 2. The van der Waals surface area contributed by atoms with E-state index in [1.54, 1.807) is 18.2 Å². The summed E-state index contributed by atoms with van der Waals surface area (Å²) in [6.45, 7) is 7.33. The summed E-state index contributed by atoms with van der Waals surface area (Å²) < 4.78 is 11.6. The molecule has 1 aromatic rings. The lowest BCUT2D eigenvalue weighted by molar-refractivity contribution is -0.128. The molecule has 136 valence electrons. The fourth-order valence-corrected chi connectivity index (χ4v) is 4.46. The van der Waals surface area contributed by atoms with E-state index in [1.807, 2.05) is 32.9 Å². The minimum Gasteiger partial charge on any atom is -0.492 e. The number of Topliss-reactive ketones (excluding diaryl/α,β-unsaturated/α-hetero) is 1. The highest BCUT2D eigenvalue weighted by atomic mass is 16.5. The summed E-state index contributed by atoms with van der Waals surface area (Å²) in [6.07, 6.45) is 3.75. The quantitative estimate of drug-likeness (QED) is 0.471. The van der Waals surface area contributed by atoms with Crippen molar-refractivity contribution in [1.29, 1.82) is 0 Å². The number of carbonyl (C=O) groups excluding carboxylic acids is 3. The lowest BCUT2D eigenvalue weighted by atomic mass is 9.73. The van der Waals surface area contributed by atoms with Gasteiger partial charge in [0.1, 0.15) is 5.75 Å². The Hall–Kier alpha value is -2.47. The van der Waals surface area contributed by atoms with Crippen molar-refractivity contribution in [3.8, 4) is 5.75 Å². The summed E-state index contributed by atoms with van der Waals surface area (Å²) in [5.41, 5.74) is -0.818. The summed E-state index contributed by atoms with van der Waals surface area (Å²) in [4.78, 5) is 39.4. The molecule has 0 aliphatic carbocycles. The van der Waals surface area contributed by atoms with E-state index < -0.39 is 23.0 Å². The maximum Gasteiger partial charge on any atom is 0.241 e. The van der Waals surface area contributed by atoms with Crippen LogP contribution in [0, 0.1) is 11.8 Å². The first kappa shape index (κ1) is 17.0. The van der Waals surface area contributed by atoms with E-state index in [-0.39, 0.29) is 17.6 Å². The fourth-order valence-electron chi connectivity index (χ4n) is 4.46. The van der Waals surface area contributed by atoms with Crippen LogP contribution in [0.1, 0.15) is 38.1 Å². The van der Waals surface area contributed by atoms with Gasteiger partial charge in [0.25, 0.3) is 0 Å². The Kier molecular flexibility index (Phi) is 3.44. The van der Waals surface area contributed by atoms with Crippen LogP contribution in [0.15, 0.2) is 30.4 Å². The molecule has 1 aromatic carbocycles. The van der Waals surface area contributed by atoms with E-state index in [9.17, 15) is 14.4 Å². The molecule has 0 spiro atoms. The zero-order valence-electron chi connectivity index (χ0n) is 15.2. The number of benzene rings is 1. The topological polar surface area (TPSA) is 72.9 Å². The van der Waals surface area contributed by atoms with Gasteiger partial charge in [-0.2, -0.15) is 0 Å². The molecule has 2 bridgehead atoms. The van der Waals surface area contributed by atoms with Gasteiger partial charge in [-0.25, -0.2) is 4.90 Å². The van der Waals surface area contributed by atoms with Crippen molar-refractivity contribution in [2.45, 2.75) is 38.9 Å². The monoisotopic (exact) mass is 355 g/mol. The maximum absolute atomic E-state index is 13.2. The average Bonchev–Trinajstić information content (AvgIpc) is 3.12. The van der Waals surface area contributed by atoms with Gasteiger partial charge in [-0.3, -0.25) is 14.4 Å². The molecule has 3 heterocycles. The molecule has 3 aliphatic rings. The van der Waals surface area contributed by atoms with Gasteiger partial charge in [0, 0.05) is 5.56 Å². The van der Waals surface area contributed by atoms with Gasteiger partial charge in [0.2, 0.25) is 11.8 Å². The van der Waals surface area contributed by atoms with E-state index >= 15 is 0 Å². The van der Waals surface area contributed by atoms with Gasteiger partial charge >= 0.3 is 0 Å². The Balaban J connectivity index is 1.83. The van der Waals surface area contributed by atoms with Crippen molar-refractivity contribution in [3.05, 3.63) is 35.9 Å². The van der Waals surface area contributed by atoms with Crippen LogP contribution >= 0.6 is 0 Å². The molecule has 0 saturated carbocycles. The zero-order chi connectivity index (χ0) is 18.9. The Morgan fingerprint density at radius 1 is 1.15 bits per heavy atom. The summed E-state index contributed by atoms with van der Waals surface area (Å²) in [5, 5.41) is 0. The SMILES string of the molecule is CCOc1ccc(C(C)=O)cc1N1C(=O)C2C(C1=O)C1(C)C=CC2(C)O1. The second kappa shape index (κ2) is 5.27. The van der Waals surface area contributed by atoms with Gasteiger partial charge < -0.3 is 9.47 Å². The van der Waals surface area contributed by atoms with Crippen LogP contribution in [0.4, 0.5) is 5.69 Å². The third-order valence-corrected chi connectivity index (χ3v) is 5.63. The lowest BCUT2D eigenvalue weighted by Gasteiger charge is -2.26. The Morgan fingerprint density at radius 3 is 2.23 bits per heavy atom. The fraction of sp³-hybridized carbons (Fsp3) is 0.450. The van der Waals surface area contributed by atoms with Crippen molar-refractivity contribution in [2.24, 2.45) is 11.8 Å². The largest absolute Gasteiger partial charge is 0.492 e. The minimum absolute atomic E-state index is 0.141. The molecule has 2 fully saturated rings. The van der Waals surface area contributed by atoms with Crippen LogP contribution in [0.5, 0.6) is 5.75 Å². The lowest BCUT2D eigenvalue weighted by Crippen LogP contribution is -2.39. The highest BCUT2D eigenvalue weighted by molar-refractivity contribution is 6.24. The third-order valence-electron chi connectivity index (χ3n) is 5.63. The number of rotatable bonds is 4. The molecule has 4 rings (SSSR count). The molecule has 0 N–H and O–H groups in total. The predicted molar refractivity (Wildman–Crippen MR) is 94.1 cm³/mol. The van der Waals surface area contributed by atoms with Crippen LogP contribution in [-0.2, 0) is 14.3 Å². The van der Waals surface area contributed by atoms with Crippen LogP contribution in [0.3, 0.4) is 0 Å². The van der Waals surface area contributed by atoms with Gasteiger partial charge in [-0.1, -0.05) is 12.2 Å². The predicted octanol–water partition coefficient (Wildman–Crippen LogP) is 2.51. The summed E-state index contributed by atoms with van der Waals surface area (Å²) in [5.74, 6) is -1.48. The van der Waals surface area contributed by atoms with Crippen molar-refractivity contribution in [3.63, 3.8) is 0 Å². The first-order valence-electron chi connectivity index (χ1n) is 8.78. The van der Waals surface area contributed by atoms with Gasteiger partial charge in [0.05, 0.1) is 35.3 Å². The molecule has 6 nitrogen and oxygen atoms in total. The number of fused-ring (bicyclic) bond motifs is 5. The maximum atomic E-state index is 13.2. The molecule has 26 heavy (non-hydrogen) atoms. The number of ether oxygens (including phenoxy) is 2. The molecule has 4 atom stereocenters. The first-order chi connectivity index (χ1) is 12.2. The van der Waals surface area contributed by atoms with E-state index in [4.69, 9.17) is 9.47 Å². The van der Waals surface area contributed by atoms with Gasteiger partial charge in [0.15, 0.2) is 5.78 Å². The van der Waals surface area contributed by atoms with Crippen molar-refractivity contribution in [2.75, 3.05) is 11.5 Å². The summed E-state index contributed by atoms with van der Waals surface area (Å²) in [7, 11) is 0. The van der Waals surface area contributed by atoms with E-state index in [2.05, 4.69) is 0 Å². The molecule has 0 radical (unpaired) electrons. The van der Waals surface area contributed by atoms with Crippen molar-refractivity contribution >= 4 is 23.3 Å². The van der Waals surface area contributed by atoms with Crippen molar-refractivity contribution < 1.29 is 23.9 Å². The average molecular weight is 355 g/mol. The zero-order valence-corrected chi connectivity index (χ0v) is 15.2. The number of anilines is 1. The summed E-state index contributed by atoms with van der Waals surface area (Å²) in [6, 6.07) is 4.84. The van der Waals surface area contributed by atoms with Crippen LogP contribution < -0.4 is 9.64 Å². The van der Waals surface area contributed by atoms with Crippen LogP contribution in [0.2, 0.25) is 0 Å². The van der Waals surface area contributed by atoms with E-state index in [1.165, 1.54) is 11.8 Å². The highest BCUT2D eigenvalue weighted by Crippen LogP contribution is 2.58. The van der Waals surface area contributed by atoms with Crippen LogP contribution in [0.25, 0.3) is 0 Å². The number of hydrogen-bond acceptors (Lipinski definition) is 5. The van der Waals surface area contributed by atoms with E-state index in [0.29, 0.717) is 23.6 Å². The number of nitrogens with zero attached hydrogens (tertiary/aromatic N) is 1. The Morgan fingerprint density at radius 2 is 1.73 bits per heavy atom. The standard InChI is InChI=1S/C20H21NO5/c1-5-25-14-7-6-12(11(2)22)10-13(14)21-17(23)15-16(18(21)24)20(4)9-8-19(15,3)26-20/h6-10,15-16H,5H2,1-4H3. The molecular formula is C20H21NO5. The van der Waals surface area contributed by atoms with Gasteiger partial charge in [-0.15, -0.1) is 0 Å². The number of ketones is 1. The highest BCUT2D eigenvalue weighted by Gasteiger charge is 2.70. The second-order valence-electron chi connectivity index (χ2n) is 7.44. The molecular weight excluding hydrogens is 334 g/mol. The molecule has 0 aromatic heterocycles. The molecule has 6 heteroatoms. The smallest absolute Gasteiger partial charge is 0.241 e. The third kappa shape index (κ3) is 2.05. The number of imide groups is 1. The number of hydrogen-bond donors (Lipinski definition) is 0. The Labute approximate surface area is 151 Å². The molecule has 4 unspecified atom stereocenters. The Bertz CT molecular complexity index is 839. The molecule has 2 amide bonds. The summed E-state index contributed by atoms with van der Waals surface area (Å²) >= 11 is 0. The van der Waals surface area contributed by atoms with E-state index in [0.717, 1.165) is 0 Å². The minimum atomic E-state index is -0.787. The molecule has 3 aliphatic heterocycles. The van der Waals surface area contributed by atoms with Crippen LogP contribution in [-0.4, -0.2) is 35.4 Å². The first-order valence-corrected chi connectivity index (χ1v) is 8.78. The normalized spacial score (nSPS) is 34.5. The molecule has 2 saturated heterocycles. The number of carbonyl (C=O) groups is 3. The second-order valence-corrected chi connectivity index (χ2v) is 7.44.